The molecule has 0 saturated heterocycles. The van der Waals surface area contributed by atoms with Gasteiger partial charge in [-0.25, -0.2) is 0 Å². The van der Waals surface area contributed by atoms with Crippen LogP contribution in [0.2, 0.25) is 0 Å². The van der Waals surface area contributed by atoms with Gasteiger partial charge in [0.05, 0.1) is 9.79 Å². The van der Waals surface area contributed by atoms with E-state index in [1.807, 2.05) is 13.8 Å². The highest BCUT2D eigenvalue weighted by Gasteiger charge is 2.11. The number of furan rings is 2. The van der Waals surface area contributed by atoms with Crippen LogP contribution in [0, 0.1) is 13.8 Å². The minimum atomic E-state index is 0.941. The van der Waals surface area contributed by atoms with Crippen LogP contribution >= 0.6 is 21.6 Å². The van der Waals surface area contributed by atoms with Gasteiger partial charge in [0.15, 0.2) is 0 Å². The molecule has 4 heteroatoms. The Balaban J connectivity index is 1.68. The van der Waals surface area contributed by atoms with Crippen LogP contribution < -0.4 is 0 Å². The molecule has 0 radical (unpaired) electrons. The summed E-state index contributed by atoms with van der Waals surface area (Å²) in [7, 11) is 3.41. The standard InChI is InChI=1S/C18H14O2S2/c1-11-9-13-5-3-7-15(17(13)19-11)21-22-16-8-4-6-14-10-12(2)20-18(14)16/h3-10H,1-2H3. The first-order valence-corrected chi connectivity index (χ1v) is 9.18. The van der Waals surface area contributed by atoms with Crippen molar-refractivity contribution >= 4 is 43.5 Å². The molecule has 2 aromatic carbocycles. The summed E-state index contributed by atoms with van der Waals surface area (Å²) >= 11 is 0. The molecule has 0 N–H and O–H groups in total. The van der Waals surface area contributed by atoms with E-state index >= 15 is 0 Å². The number of hydrogen-bond acceptors (Lipinski definition) is 4. The van der Waals surface area contributed by atoms with E-state index in [2.05, 4.69) is 48.5 Å². The van der Waals surface area contributed by atoms with Gasteiger partial charge in [0, 0.05) is 10.8 Å². The number of benzene rings is 2. The zero-order chi connectivity index (χ0) is 15.1. The van der Waals surface area contributed by atoms with Crippen molar-refractivity contribution in [1.29, 1.82) is 0 Å². The van der Waals surface area contributed by atoms with Gasteiger partial charge < -0.3 is 8.83 Å². The molecule has 0 amide bonds. The first kappa shape index (κ1) is 13.9. The fourth-order valence-electron chi connectivity index (χ4n) is 2.55. The van der Waals surface area contributed by atoms with Gasteiger partial charge in [-0.05, 0) is 59.7 Å². The maximum atomic E-state index is 5.82. The van der Waals surface area contributed by atoms with Crippen LogP contribution in [-0.4, -0.2) is 0 Å². The Morgan fingerprint density at radius 1 is 0.682 bits per heavy atom. The van der Waals surface area contributed by atoms with Gasteiger partial charge in [0.25, 0.3) is 0 Å². The van der Waals surface area contributed by atoms with Gasteiger partial charge in [-0.3, -0.25) is 0 Å². The summed E-state index contributed by atoms with van der Waals surface area (Å²) in [5, 5.41) is 2.30. The molecule has 4 rings (SSSR count). The quantitative estimate of drug-likeness (QED) is 0.396. The molecule has 22 heavy (non-hydrogen) atoms. The molecule has 0 aliphatic heterocycles. The minimum Gasteiger partial charge on any atom is -0.460 e. The molecular weight excluding hydrogens is 312 g/mol. The monoisotopic (exact) mass is 326 g/mol. The summed E-state index contributed by atoms with van der Waals surface area (Å²) in [6.07, 6.45) is 0. The van der Waals surface area contributed by atoms with Crippen molar-refractivity contribution in [2.45, 2.75) is 23.6 Å². The zero-order valence-electron chi connectivity index (χ0n) is 12.3. The predicted octanol–water partition coefficient (Wildman–Crippen LogP) is 6.60. The Morgan fingerprint density at radius 2 is 1.14 bits per heavy atom. The molecular formula is C18H14O2S2. The molecule has 110 valence electrons. The van der Waals surface area contributed by atoms with Crippen molar-refractivity contribution in [3.63, 3.8) is 0 Å². The first-order chi connectivity index (χ1) is 10.7. The van der Waals surface area contributed by atoms with E-state index in [1.165, 1.54) is 0 Å². The van der Waals surface area contributed by atoms with Crippen LogP contribution in [0.25, 0.3) is 21.9 Å². The van der Waals surface area contributed by atoms with Crippen LogP contribution in [0.1, 0.15) is 11.5 Å². The number of hydrogen-bond donors (Lipinski definition) is 0. The smallest absolute Gasteiger partial charge is 0.148 e. The highest BCUT2D eigenvalue weighted by molar-refractivity contribution is 8.76. The fraction of sp³-hybridized carbons (Fsp3) is 0.111. The van der Waals surface area contributed by atoms with Crippen molar-refractivity contribution in [1.82, 2.24) is 0 Å². The molecule has 0 unspecified atom stereocenters. The Labute approximate surface area is 136 Å². The molecule has 0 aliphatic carbocycles. The summed E-state index contributed by atoms with van der Waals surface area (Å²) in [4.78, 5) is 2.27. The summed E-state index contributed by atoms with van der Waals surface area (Å²) in [6.45, 7) is 3.96. The van der Waals surface area contributed by atoms with Crippen molar-refractivity contribution in [2.24, 2.45) is 0 Å². The van der Waals surface area contributed by atoms with E-state index < -0.39 is 0 Å². The van der Waals surface area contributed by atoms with Crippen LogP contribution in [0.4, 0.5) is 0 Å². The van der Waals surface area contributed by atoms with E-state index in [-0.39, 0.29) is 0 Å². The van der Waals surface area contributed by atoms with Gasteiger partial charge in [0.1, 0.15) is 22.7 Å². The lowest BCUT2D eigenvalue weighted by Gasteiger charge is -2.03. The third-order valence-corrected chi connectivity index (χ3v) is 5.90. The Kier molecular flexibility index (Phi) is 3.43. The summed E-state index contributed by atoms with van der Waals surface area (Å²) in [6, 6.07) is 16.6. The van der Waals surface area contributed by atoms with E-state index in [1.54, 1.807) is 21.6 Å². The molecule has 0 bridgehead atoms. The zero-order valence-corrected chi connectivity index (χ0v) is 13.9. The lowest BCUT2D eigenvalue weighted by atomic mass is 10.2. The number of para-hydroxylation sites is 2. The third kappa shape index (κ3) is 2.42. The van der Waals surface area contributed by atoms with Gasteiger partial charge in [0.2, 0.25) is 0 Å². The lowest BCUT2D eigenvalue weighted by Crippen LogP contribution is -1.72. The van der Waals surface area contributed by atoms with Crippen molar-refractivity contribution in [2.75, 3.05) is 0 Å². The average Bonchev–Trinajstić information content (AvgIpc) is 3.06. The van der Waals surface area contributed by atoms with Crippen LogP contribution in [-0.2, 0) is 0 Å². The van der Waals surface area contributed by atoms with E-state index in [4.69, 9.17) is 8.83 Å². The SMILES string of the molecule is Cc1cc2cccc(SSc3cccc4cc(C)oc34)c2o1. The maximum Gasteiger partial charge on any atom is 0.148 e. The van der Waals surface area contributed by atoms with E-state index in [0.717, 1.165) is 43.2 Å². The Morgan fingerprint density at radius 3 is 1.59 bits per heavy atom. The molecule has 2 nitrogen and oxygen atoms in total. The second-order valence-electron chi connectivity index (χ2n) is 5.23. The summed E-state index contributed by atoms with van der Waals surface area (Å²) in [5.41, 5.74) is 1.92. The highest BCUT2D eigenvalue weighted by Crippen LogP contribution is 2.43. The predicted molar refractivity (Wildman–Crippen MR) is 93.6 cm³/mol. The number of rotatable bonds is 3. The first-order valence-electron chi connectivity index (χ1n) is 7.03. The van der Waals surface area contributed by atoms with Gasteiger partial charge >= 0.3 is 0 Å². The third-order valence-electron chi connectivity index (χ3n) is 3.48. The number of fused-ring (bicyclic) bond motifs is 2. The average molecular weight is 326 g/mol. The molecule has 4 aromatic rings. The number of aryl methyl sites for hydroxylation is 2. The van der Waals surface area contributed by atoms with E-state index in [9.17, 15) is 0 Å². The van der Waals surface area contributed by atoms with Crippen molar-refractivity contribution in [3.8, 4) is 0 Å². The summed E-state index contributed by atoms with van der Waals surface area (Å²) in [5.74, 6) is 1.88. The molecule has 2 heterocycles. The Bertz CT molecular complexity index is 886. The molecule has 2 aromatic heterocycles. The molecule has 0 aliphatic rings. The van der Waals surface area contributed by atoms with Gasteiger partial charge in [-0.2, -0.15) is 0 Å². The van der Waals surface area contributed by atoms with Gasteiger partial charge in [-0.15, -0.1) is 0 Å². The largest absolute Gasteiger partial charge is 0.460 e. The van der Waals surface area contributed by atoms with Gasteiger partial charge in [-0.1, -0.05) is 24.3 Å². The van der Waals surface area contributed by atoms with E-state index in [0.29, 0.717) is 0 Å². The second kappa shape index (κ2) is 5.45. The molecule has 0 atom stereocenters. The fourth-order valence-corrected chi connectivity index (χ4v) is 4.80. The topological polar surface area (TPSA) is 26.3 Å². The minimum absolute atomic E-state index is 0.941. The maximum absolute atomic E-state index is 5.82. The van der Waals surface area contributed by atoms with Crippen molar-refractivity contribution in [3.05, 3.63) is 60.1 Å². The van der Waals surface area contributed by atoms with Crippen LogP contribution in [0.3, 0.4) is 0 Å². The molecule has 0 spiro atoms. The molecule has 0 fully saturated rings. The van der Waals surface area contributed by atoms with Crippen molar-refractivity contribution < 1.29 is 8.83 Å². The normalized spacial score (nSPS) is 11.5. The summed E-state index contributed by atoms with van der Waals surface area (Å²) < 4.78 is 11.6. The molecule has 0 saturated carbocycles. The second-order valence-corrected chi connectivity index (χ2v) is 7.44. The lowest BCUT2D eigenvalue weighted by molar-refractivity contribution is 0.571. The highest BCUT2D eigenvalue weighted by atomic mass is 33.1. The van der Waals surface area contributed by atoms with Crippen LogP contribution in [0.5, 0.6) is 0 Å². The van der Waals surface area contributed by atoms with Crippen LogP contribution in [0.15, 0.2) is 67.2 Å². The Hall–Kier alpha value is -1.78.